The molecule has 2 amide bonds. The van der Waals surface area contributed by atoms with Gasteiger partial charge in [-0.25, -0.2) is 17.6 Å². The topological polar surface area (TPSA) is 70.2 Å². The molecule has 0 aliphatic rings. The molecule has 0 saturated carbocycles. The van der Waals surface area contributed by atoms with Gasteiger partial charge >= 0.3 is 11.8 Å². The normalized spacial score (nSPS) is 10.1. The van der Waals surface area contributed by atoms with Gasteiger partial charge in [0.25, 0.3) is 0 Å². The van der Waals surface area contributed by atoms with Gasteiger partial charge in [0.15, 0.2) is 17.5 Å². The van der Waals surface area contributed by atoms with Crippen LogP contribution in [0.2, 0.25) is 0 Å². The van der Waals surface area contributed by atoms with E-state index < -0.39 is 40.8 Å². The Morgan fingerprint density at radius 3 is 2.13 bits per heavy atom. The van der Waals surface area contributed by atoms with Crippen molar-refractivity contribution in [1.82, 2.24) is 5.43 Å². The minimum absolute atomic E-state index is 0.104. The number of carbonyl (C=O) groups excluding carboxylic acids is 2. The highest BCUT2D eigenvalue weighted by atomic mass is 19.2. The number of nitrogens with one attached hydrogen (secondary N) is 3. The summed E-state index contributed by atoms with van der Waals surface area (Å²) in [5.74, 6) is -8.21. The van der Waals surface area contributed by atoms with Gasteiger partial charge in [-0.05, 0) is 24.3 Å². The Kier molecular flexibility index (Phi) is 4.79. The van der Waals surface area contributed by atoms with E-state index in [9.17, 15) is 27.2 Å². The number of benzene rings is 2. The minimum atomic E-state index is -1.78. The zero-order valence-electron chi connectivity index (χ0n) is 11.3. The van der Waals surface area contributed by atoms with Crippen LogP contribution in [0, 0.1) is 23.3 Å². The van der Waals surface area contributed by atoms with Crippen molar-refractivity contribution in [1.29, 1.82) is 0 Å². The summed E-state index contributed by atoms with van der Waals surface area (Å²) >= 11 is 0. The molecule has 0 saturated heterocycles. The molecule has 0 unspecified atom stereocenters. The highest BCUT2D eigenvalue weighted by Crippen LogP contribution is 2.19. The van der Waals surface area contributed by atoms with E-state index in [0.717, 1.165) is 12.1 Å². The third-order valence-corrected chi connectivity index (χ3v) is 2.67. The van der Waals surface area contributed by atoms with Crippen LogP contribution in [0.3, 0.4) is 0 Å². The second-order valence-electron chi connectivity index (χ2n) is 4.24. The fourth-order valence-corrected chi connectivity index (χ4v) is 1.54. The Bertz CT molecular complexity index is 768. The number of hydrogen-bond acceptors (Lipinski definition) is 3. The van der Waals surface area contributed by atoms with E-state index in [-0.39, 0.29) is 5.69 Å². The summed E-state index contributed by atoms with van der Waals surface area (Å²) in [7, 11) is 0. The quantitative estimate of drug-likeness (QED) is 0.351. The number of rotatable bonds is 3. The second kappa shape index (κ2) is 6.77. The molecule has 2 rings (SSSR count). The van der Waals surface area contributed by atoms with Gasteiger partial charge in [0.2, 0.25) is 0 Å². The molecule has 23 heavy (non-hydrogen) atoms. The van der Waals surface area contributed by atoms with Crippen molar-refractivity contribution in [2.75, 3.05) is 10.7 Å². The molecular formula is C14H9F4N3O2. The molecule has 0 heterocycles. The van der Waals surface area contributed by atoms with Crippen LogP contribution in [-0.2, 0) is 9.59 Å². The van der Waals surface area contributed by atoms with E-state index in [2.05, 4.69) is 5.43 Å². The summed E-state index contributed by atoms with van der Waals surface area (Å²) in [6.07, 6.45) is 0. The first-order valence-electron chi connectivity index (χ1n) is 6.15. The fourth-order valence-electron chi connectivity index (χ4n) is 1.54. The van der Waals surface area contributed by atoms with E-state index in [1.54, 1.807) is 5.32 Å². The summed E-state index contributed by atoms with van der Waals surface area (Å²) in [5.41, 5.74) is 3.21. The molecule has 0 spiro atoms. The molecule has 0 aromatic heterocycles. The molecule has 5 nitrogen and oxygen atoms in total. The number of carbonyl (C=O) groups is 2. The summed E-state index contributed by atoms with van der Waals surface area (Å²) in [5, 5.41) is 1.76. The van der Waals surface area contributed by atoms with Gasteiger partial charge < -0.3 is 5.32 Å². The third kappa shape index (κ3) is 3.76. The maximum atomic E-state index is 13.4. The number of hydrogen-bond donors (Lipinski definition) is 3. The maximum Gasteiger partial charge on any atom is 0.327 e. The maximum absolute atomic E-state index is 13.4. The molecule has 0 aliphatic carbocycles. The Morgan fingerprint density at radius 1 is 0.739 bits per heavy atom. The SMILES string of the molecule is O=C(NNc1ccccc1F)C(=O)Nc1ccc(F)c(F)c1F. The number of anilines is 2. The summed E-state index contributed by atoms with van der Waals surface area (Å²) in [4.78, 5) is 23.0. The van der Waals surface area contributed by atoms with Crippen LogP contribution in [0.1, 0.15) is 0 Å². The molecule has 0 fully saturated rings. The average molecular weight is 327 g/mol. The number of hydrazine groups is 1. The van der Waals surface area contributed by atoms with Gasteiger partial charge in [-0.1, -0.05) is 12.1 Å². The summed E-state index contributed by atoms with van der Waals surface area (Å²) in [6, 6.07) is 6.65. The van der Waals surface area contributed by atoms with Gasteiger partial charge in [0.05, 0.1) is 11.4 Å². The second-order valence-corrected chi connectivity index (χ2v) is 4.24. The zero-order chi connectivity index (χ0) is 17.0. The highest BCUT2D eigenvalue weighted by Gasteiger charge is 2.19. The number of para-hydroxylation sites is 1. The van der Waals surface area contributed by atoms with Crippen molar-refractivity contribution in [2.45, 2.75) is 0 Å². The Balaban J connectivity index is 2.00. The molecule has 120 valence electrons. The molecule has 3 N–H and O–H groups in total. The lowest BCUT2D eigenvalue weighted by Gasteiger charge is -2.10. The molecule has 9 heteroatoms. The summed E-state index contributed by atoms with van der Waals surface area (Å²) in [6.45, 7) is 0. The van der Waals surface area contributed by atoms with Crippen LogP contribution in [0.25, 0.3) is 0 Å². The summed E-state index contributed by atoms with van der Waals surface area (Å²) < 4.78 is 52.4. The zero-order valence-corrected chi connectivity index (χ0v) is 11.3. The van der Waals surface area contributed by atoms with Crippen LogP contribution < -0.4 is 16.2 Å². The minimum Gasteiger partial charge on any atom is -0.315 e. The molecule has 2 aromatic rings. The van der Waals surface area contributed by atoms with E-state index in [1.165, 1.54) is 18.2 Å². The van der Waals surface area contributed by atoms with Crippen LogP contribution in [0.5, 0.6) is 0 Å². The largest absolute Gasteiger partial charge is 0.327 e. The lowest BCUT2D eigenvalue weighted by molar-refractivity contribution is -0.135. The van der Waals surface area contributed by atoms with Gasteiger partial charge in [0, 0.05) is 0 Å². The van der Waals surface area contributed by atoms with E-state index in [0.29, 0.717) is 6.07 Å². The standard InChI is InChI=1S/C14H9F4N3O2/c15-7-3-1-2-4-9(7)20-21-14(23)13(22)19-10-6-5-8(16)11(17)12(10)18/h1-6,20H,(H,19,22)(H,21,23). The Labute approximate surface area is 127 Å². The van der Waals surface area contributed by atoms with E-state index in [1.807, 2.05) is 5.43 Å². The predicted molar refractivity (Wildman–Crippen MR) is 73.1 cm³/mol. The van der Waals surface area contributed by atoms with Crippen molar-refractivity contribution < 1.29 is 27.2 Å². The van der Waals surface area contributed by atoms with Crippen LogP contribution in [-0.4, -0.2) is 11.8 Å². The molecule has 0 atom stereocenters. The molecule has 2 aromatic carbocycles. The van der Waals surface area contributed by atoms with Crippen molar-refractivity contribution >= 4 is 23.2 Å². The fraction of sp³-hybridized carbons (Fsp3) is 0. The van der Waals surface area contributed by atoms with E-state index >= 15 is 0 Å². The van der Waals surface area contributed by atoms with Gasteiger partial charge in [-0.15, -0.1) is 0 Å². The molecule has 0 bridgehead atoms. The van der Waals surface area contributed by atoms with Gasteiger partial charge in [0.1, 0.15) is 5.82 Å². The van der Waals surface area contributed by atoms with Gasteiger partial charge in [-0.2, -0.15) is 0 Å². The Hall–Kier alpha value is -3.10. The smallest absolute Gasteiger partial charge is 0.315 e. The average Bonchev–Trinajstić information content (AvgIpc) is 2.54. The van der Waals surface area contributed by atoms with Crippen molar-refractivity contribution in [3.8, 4) is 0 Å². The Morgan fingerprint density at radius 2 is 1.43 bits per heavy atom. The first-order valence-corrected chi connectivity index (χ1v) is 6.15. The van der Waals surface area contributed by atoms with Crippen LogP contribution in [0.15, 0.2) is 36.4 Å². The first-order chi connectivity index (χ1) is 10.9. The van der Waals surface area contributed by atoms with Crippen molar-refractivity contribution in [2.24, 2.45) is 0 Å². The number of halogens is 4. The lowest BCUT2D eigenvalue weighted by atomic mass is 10.2. The van der Waals surface area contributed by atoms with Crippen LogP contribution >= 0.6 is 0 Å². The van der Waals surface area contributed by atoms with Gasteiger partial charge in [-0.3, -0.25) is 20.4 Å². The van der Waals surface area contributed by atoms with Crippen LogP contribution in [0.4, 0.5) is 28.9 Å². The molecule has 0 radical (unpaired) electrons. The van der Waals surface area contributed by atoms with Crippen molar-refractivity contribution in [3.05, 3.63) is 59.7 Å². The highest BCUT2D eigenvalue weighted by molar-refractivity contribution is 6.39. The molecular weight excluding hydrogens is 318 g/mol. The number of amides is 2. The van der Waals surface area contributed by atoms with E-state index in [4.69, 9.17) is 0 Å². The third-order valence-electron chi connectivity index (χ3n) is 2.67. The monoisotopic (exact) mass is 327 g/mol. The first kappa shape index (κ1) is 16.3. The molecule has 0 aliphatic heterocycles. The lowest BCUT2D eigenvalue weighted by Crippen LogP contribution is -2.39. The predicted octanol–water partition coefficient (Wildman–Crippen LogP) is 2.32. The van der Waals surface area contributed by atoms with Crippen molar-refractivity contribution in [3.63, 3.8) is 0 Å².